The predicted octanol–water partition coefficient (Wildman–Crippen LogP) is 4.91. The third-order valence-corrected chi connectivity index (χ3v) is 5.71. The Morgan fingerprint density at radius 3 is 2.72 bits per heavy atom. The molecule has 0 aliphatic carbocycles. The lowest BCUT2D eigenvalue weighted by molar-refractivity contribution is 0.699. The molecule has 6 nitrogen and oxygen atoms in total. The average molecular weight is 423 g/mol. The zero-order chi connectivity index (χ0) is 21.9. The van der Waals surface area contributed by atoms with Gasteiger partial charge >= 0.3 is 0 Å². The molecule has 0 saturated heterocycles. The number of H-pyrrole nitrogens is 2. The Labute approximate surface area is 186 Å². The molecule has 160 valence electrons. The van der Waals surface area contributed by atoms with Crippen molar-refractivity contribution in [1.29, 1.82) is 0 Å². The molecule has 32 heavy (non-hydrogen) atoms. The smallest absolute Gasteiger partial charge is 0.0944 e. The van der Waals surface area contributed by atoms with Crippen molar-refractivity contribution in [2.24, 2.45) is 5.73 Å². The fraction of sp³-hybridized carbons (Fsp3) is 0.154. The van der Waals surface area contributed by atoms with Gasteiger partial charge in [-0.15, -0.1) is 0 Å². The molecule has 5 rings (SSSR count). The average Bonchev–Trinajstić information content (AvgIpc) is 3.48. The van der Waals surface area contributed by atoms with Crippen LogP contribution in [0.3, 0.4) is 0 Å². The number of anilines is 1. The normalized spacial score (nSPS) is 12.2. The number of pyridine rings is 1. The zero-order valence-corrected chi connectivity index (χ0v) is 18.0. The molecular weight excluding hydrogens is 396 g/mol. The zero-order valence-electron chi connectivity index (χ0n) is 18.0. The summed E-state index contributed by atoms with van der Waals surface area (Å²) in [6.07, 6.45) is 4.61. The van der Waals surface area contributed by atoms with Crippen molar-refractivity contribution in [3.05, 3.63) is 90.4 Å². The van der Waals surface area contributed by atoms with Crippen molar-refractivity contribution in [2.75, 3.05) is 11.9 Å². The first kappa shape index (κ1) is 20.0. The Hall–Kier alpha value is -3.90. The summed E-state index contributed by atoms with van der Waals surface area (Å²) in [7, 11) is 0. The number of rotatable bonds is 7. The SMILES string of the molecule is Cc1n[nH]c2ccc(-c3cc(NC[C@@H](N)Cc4ccccc4)cnc3-c3ccc[nH]3)cc12. The molecular formula is C26H26N6. The van der Waals surface area contributed by atoms with Crippen LogP contribution in [-0.2, 0) is 6.42 Å². The molecule has 5 aromatic rings. The van der Waals surface area contributed by atoms with E-state index in [4.69, 9.17) is 10.7 Å². The second-order valence-corrected chi connectivity index (χ2v) is 8.10. The van der Waals surface area contributed by atoms with Gasteiger partial charge in [0.2, 0.25) is 0 Å². The summed E-state index contributed by atoms with van der Waals surface area (Å²) in [6, 6.07) is 22.9. The molecule has 0 aliphatic heterocycles. The Bertz CT molecular complexity index is 1320. The minimum atomic E-state index is 0.00821. The Balaban J connectivity index is 1.44. The molecule has 0 amide bonds. The van der Waals surface area contributed by atoms with Gasteiger partial charge in [-0.2, -0.15) is 5.10 Å². The quantitative estimate of drug-likeness (QED) is 0.300. The summed E-state index contributed by atoms with van der Waals surface area (Å²) in [5.41, 5.74) is 14.6. The van der Waals surface area contributed by atoms with Gasteiger partial charge in [0.15, 0.2) is 0 Å². The van der Waals surface area contributed by atoms with E-state index in [0.717, 1.165) is 51.2 Å². The number of nitrogens with two attached hydrogens (primary N) is 1. The van der Waals surface area contributed by atoms with Crippen LogP contribution in [0.2, 0.25) is 0 Å². The van der Waals surface area contributed by atoms with Gasteiger partial charge in [-0.1, -0.05) is 36.4 Å². The first-order chi connectivity index (χ1) is 15.7. The molecule has 0 unspecified atom stereocenters. The number of benzene rings is 2. The Kier molecular flexibility index (Phi) is 5.44. The van der Waals surface area contributed by atoms with E-state index in [1.54, 1.807) is 0 Å². The van der Waals surface area contributed by atoms with Gasteiger partial charge in [0.05, 0.1) is 34.5 Å². The maximum Gasteiger partial charge on any atom is 0.0944 e. The number of fused-ring (bicyclic) bond motifs is 1. The van der Waals surface area contributed by atoms with Crippen LogP contribution in [0.5, 0.6) is 0 Å². The summed E-state index contributed by atoms with van der Waals surface area (Å²) < 4.78 is 0. The van der Waals surface area contributed by atoms with Gasteiger partial charge in [0, 0.05) is 29.7 Å². The summed E-state index contributed by atoms with van der Waals surface area (Å²) in [4.78, 5) is 8.07. The highest BCUT2D eigenvalue weighted by atomic mass is 15.1. The highest BCUT2D eigenvalue weighted by Crippen LogP contribution is 2.33. The molecule has 2 aromatic carbocycles. The van der Waals surface area contributed by atoms with E-state index in [2.05, 4.69) is 56.9 Å². The number of aromatic amines is 2. The summed E-state index contributed by atoms with van der Waals surface area (Å²) in [5.74, 6) is 0. The molecule has 0 radical (unpaired) electrons. The van der Waals surface area contributed by atoms with Crippen LogP contribution >= 0.6 is 0 Å². The monoisotopic (exact) mass is 422 g/mol. The van der Waals surface area contributed by atoms with Crippen LogP contribution in [0, 0.1) is 6.92 Å². The molecule has 0 fully saturated rings. The topological polar surface area (TPSA) is 95.4 Å². The lowest BCUT2D eigenvalue weighted by Gasteiger charge is -2.16. The van der Waals surface area contributed by atoms with E-state index in [1.807, 2.05) is 49.6 Å². The predicted molar refractivity (Wildman–Crippen MR) is 130 cm³/mol. The molecule has 5 N–H and O–H groups in total. The second-order valence-electron chi connectivity index (χ2n) is 8.10. The fourth-order valence-electron chi connectivity index (χ4n) is 4.02. The molecule has 3 heterocycles. The highest BCUT2D eigenvalue weighted by Gasteiger charge is 2.13. The van der Waals surface area contributed by atoms with E-state index in [-0.39, 0.29) is 6.04 Å². The maximum absolute atomic E-state index is 6.38. The van der Waals surface area contributed by atoms with Crippen molar-refractivity contribution in [1.82, 2.24) is 20.2 Å². The van der Waals surface area contributed by atoms with Gasteiger partial charge < -0.3 is 16.0 Å². The van der Waals surface area contributed by atoms with Crippen LogP contribution in [0.25, 0.3) is 33.4 Å². The van der Waals surface area contributed by atoms with Gasteiger partial charge in [-0.25, -0.2) is 0 Å². The van der Waals surface area contributed by atoms with Gasteiger partial charge in [-0.3, -0.25) is 10.1 Å². The standard InChI is InChI=1S/C26H26N6/c1-17-22-13-19(9-10-24(22)32-31-17)23-14-21(16-30-26(23)25-8-5-11-28-25)29-15-20(27)12-18-6-3-2-4-7-18/h2-11,13-14,16,20,28-29H,12,15,27H2,1H3,(H,31,32)/t20-/m0/s1. The second kappa shape index (κ2) is 8.69. The lowest BCUT2D eigenvalue weighted by atomic mass is 9.99. The van der Waals surface area contributed by atoms with E-state index in [9.17, 15) is 0 Å². The van der Waals surface area contributed by atoms with Crippen molar-refractivity contribution in [3.63, 3.8) is 0 Å². The first-order valence-corrected chi connectivity index (χ1v) is 10.8. The highest BCUT2D eigenvalue weighted by molar-refractivity contribution is 5.90. The molecule has 0 bridgehead atoms. The minimum absolute atomic E-state index is 0.00821. The molecule has 0 saturated carbocycles. The van der Waals surface area contributed by atoms with Crippen LogP contribution in [0.4, 0.5) is 5.69 Å². The summed E-state index contributed by atoms with van der Waals surface area (Å²) >= 11 is 0. The Morgan fingerprint density at radius 2 is 1.91 bits per heavy atom. The van der Waals surface area contributed by atoms with Crippen LogP contribution in [-0.4, -0.2) is 32.8 Å². The maximum atomic E-state index is 6.38. The number of aromatic nitrogens is 4. The van der Waals surface area contributed by atoms with Crippen LogP contribution in [0.1, 0.15) is 11.3 Å². The van der Waals surface area contributed by atoms with E-state index in [1.165, 1.54) is 5.56 Å². The lowest BCUT2D eigenvalue weighted by Crippen LogP contribution is -2.31. The molecule has 1 atom stereocenters. The minimum Gasteiger partial charge on any atom is -0.382 e. The molecule has 3 aromatic heterocycles. The Morgan fingerprint density at radius 1 is 1.03 bits per heavy atom. The number of hydrogen-bond acceptors (Lipinski definition) is 4. The molecule has 0 aliphatic rings. The van der Waals surface area contributed by atoms with Crippen LogP contribution in [0.15, 0.2) is 79.1 Å². The number of hydrogen-bond donors (Lipinski definition) is 4. The van der Waals surface area contributed by atoms with Crippen molar-refractivity contribution >= 4 is 16.6 Å². The van der Waals surface area contributed by atoms with E-state index >= 15 is 0 Å². The van der Waals surface area contributed by atoms with Gasteiger partial charge in [-0.05, 0) is 54.8 Å². The first-order valence-electron chi connectivity index (χ1n) is 10.8. The summed E-state index contributed by atoms with van der Waals surface area (Å²) in [6.45, 7) is 2.68. The van der Waals surface area contributed by atoms with Gasteiger partial charge in [0.25, 0.3) is 0 Å². The van der Waals surface area contributed by atoms with Crippen molar-refractivity contribution < 1.29 is 0 Å². The number of nitrogens with zero attached hydrogens (tertiary/aromatic N) is 2. The molecule has 6 heteroatoms. The van der Waals surface area contributed by atoms with E-state index in [0.29, 0.717) is 6.54 Å². The van der Waals surface area contributed by atoms with Crippen molar-refractivity contribution in [3.8, 4) is 22.5 Å². The van der Waals surface area contributed by atoms with Crippen molar-refractivity contribution in [2.45, 2.75) is 19.4 Å². The van der Waals surface area contributed by atoms with Gasteiger partial charge in [0.1, 0.15) is 0 Å². The third kappa shape index (κ3) is 4.13. The third-order valence-electron chi connectivity index (χ3n) is 5.71. The number of aryl methyl sites for hydroxylation is 1. The largest absolute Gasteiger partial charge is 0.382 e. The summed E-state index contributed by atoms with van der Waals surface area (Å²) in [5, 5.41) is 12.0. The fourth-order valence-corrected chi connectivity index (χ4v) is 4.02. The van der Waals surface area contributed by atoms with E-state index < -0.39 is 0 Å². The van der Waals surface area contributed by atoms with Crippen LogP contribution < -0.4 is 11.1 Å². The molecule has 0 spiro atoms. The number of nitrogens with one attached hydrogen (secondary N) is 3.